The van der Waals surface area contributed by atoms with Gasteiger partial charge in [-0.3, -0.25) is 10.7 Å². The fourth-order valence-corrected chi connectivity index (χ4v) is 1.73. The molecule has 1 saturated heterocycles. The lowest BCUT2D eigenvalue weighted by molar-refractivity contribution is 0.304. The molecule has 1 fully saturated rings. The first kappa shape index (κ1) is 9.52. The first-order valence-electron chi connectivity index (χ1n) is 4.69. The first-order chi connectivity index (χ1) is 5.61. The molecule has 2 N–H and O–H groups in total. The van der Waals surface area contributed by atoms with E-state index in [1.807, 2.05) is 6.92 Å². The SMILES string of the molecule is CC(=N)N1CCCC1NC(C)C. The van der Waals surface area contributed by atoms with E-state index in [4.69, 9.17) is 5.41 Å². The summed E-state index contributed by atoms with van der Waals surface area (Å²) in [5.41, 5.74) is 0. The van der Waals surface area contributed by atoms with Crippen molar-refractivity contribution in [2.75, 3.05) is 6.54 Å². The zero-order valence-electron chi connectivity index (χ0n) is 8.22. The molecule has 1 aliphatic rings. The molecule has 1 aliphatic heterocycles. The van der Waals surface area contributed by atoms with Gasteiger partial charge >= 0.3 is 0 Å². The molecule has 1 heterocycles. The quantitative estimate of drug-likeness (QED) is 0.484. The third-order valence-electron chi connectivity index (χ3n) is 2.21. The third kappa shape index (κ3) is 2.21. The van der Waals surface area contributed by atoms with Gasteiger partial charge in [0.15, 0.2) is 0 Å². The van der Waals surface area contributed by atoms with Gasteiger partial charge in [0.25, 0.3) is 0 Å². The van der Waals surface area contributed by atoms with E-state index in [0.717, 1.165) is 6.54 Å². The van der Waals surface area contributed by atoms with Crippen LogP contribution in [0.2, 0.25) is 0 Å². The molecule has 1 rings (SSSR count). The van der Waals surface area contributed by atoms with Crippen LogP contribution in [0.3, 0.4) is 0 Å². The van der Waals surface area contributed by atoms with Gasteiger partial charge < -0.3 is 4.90 Å². The van der Waals surface area contributed by atoms with Gasteiger partial charge in [-0.25, -0.2) is 0 Å². The second-order valence-electron chi connectivity index (χ2n) is 3.76. The lowest BCUT2D eigenvalue weighted by Gasteiger charge is -2.27. The van der Waals surface area contributed by atoms with Crippen molar-refractivity contribution in [2.24, 2.45) is 0 Å². The molecular formula is C9H19N3. The highest BCUT2D eigenvalue weighted by molar-refractivity contribution is 5.76. The van der Waals surface area contributed by atoms with Gasteiger partial charge in [0.2, 0.25) is 0 Å². The number of hydrogen-bond donors (Lipinski definition) is 2. The van der Waals surface area contributed by atoms with Crippen LogP contribution in [0.15, 0.2) is 0 Å². The molecule has 0 bridgehead atoms. The standard InChI is InChI=1S/C9H19N3/c1-7(2)11-9-5-4-6-12(9)8(3)10/h7,9-11H,4-6H2,1-3H3. The summed E-state index contributed by atoms with van der Waals surface area (Å²) in [6.45, 7) is 7.20. The van der Waals surface area contributed by atoms with Crippen LogP contribution in [0, 0.1) is 5.41 Å². The van der Waals surface area contributed by atoms with Crippen molar-refractivity contribution in [3.63, 3.8) is 0 Å². The molecular weight excluding hydrogens is 150 g/mol. The lowest BCUT2D eigenvalue weighted by atomic mass is 10.3. The largest absolute Gasteiger partial charge is 0.345 e. The van der Waals surface area contributed by atoms with E-state index in [-0.39, 0.29) is 0 Å². The summed E-state index contributed by atoms with van der Waals surface area (Å²) in [6, 6.07) is 0.509. The van der Waals surface area contributed by atoms with E-state index in [2.05, 4.69) is 24.1 Å². The molecule has 1 unspecified atom stereocenters. The van der Waals surface area contributed by atoms with E-state index in [0.29, 0.717) is 18.0 Å². The highest BCUT2D eigenvalue weighted by Crippen LogP contribution is 2.15. The van der Waals surface area contributed by atoms with Crippen LogP contribution in [-0.4, -0.2) is 29.5 Å². The van der Waals surface area contributed by atoms with Crippen molar-refractivity contribution in [1.82, 2.24) is 10.2 Å². The molecule has 70 valence electrons. The molecule has 0 saturated carbocycles. The van der Waals surface area contributed by atoms with Crippen LogP contribution in [0.25, 0.3) is 0 Å². The molecule has 1 atom stereocenters. The summed E-state index contributed by atoms with van der Waals surface area (Å²) in [6.07, 6.45) is 2.79. The maximum atomic E-state index is 7.55. The topological polar surface area (TPSA) is 39.1 Å². The van der Waals surface area contributed by atoms with Gasteiger partial charge in [0.05, 0.1) is 12.0 Å². The molecule has 12 heavy (non-hydrogen) atoms. The molecule has 0 aromatic carbocycles. The van der Waals surface area contributed by atoms with Crippen molar-refractivity contribution in [3.8, 4) is 0 Å². The molecule has 0 radical (unpaired) electrons. The van der Waals surface area contributed by atoms with E-state index < -0.39 is 0 Å². The van der Waals surface area contributed by atoms with E-state index in [1.54, 1.807) is 0 Å². The number of rotatable bonds is 2. The average molecular weight is 169 g/mol. The van der Waals surface area contributed by atoms with Gasteiger partial charge in [0.1, 0.15) is 0 Å². The predicted molar refractivity (Wildman–Crippen MR) is 51.4 cm³/mol. The number of nitrogens with zero attached hydrogens (tertiary/aromatic N) is 1. The zero-order chi connectivity index (χ0) is 9.14. The lowest BCUT2D eigenvalue weighted by Crippen LogP contribution is -2.46. The summed E-state index contributed by atoms with van der Waals surface area (Å²) >= 11 is 0. The Balaban J connectivity index is 2.46. The summed E-state index contributed by atoms with van der Waals surface area (Å²) in [5.74, 6) is 0.686. The van der Waals surface area contributed by atoms with Crippen molar-refractivity contribution in [1.29, 1.82) is 5.41 Å². The molecule has 0 aliphatic carbocycles. The summed E-state index contributed by atoms with van der Waals surface area (Å²) < 4.78 is 0. The van der Waals surface area contributed by atoms with Crippen LogP contribution in [0.4, 0.5) is 0 Å². The highest BCUT2D eigenvalue weighted by atomic mass is 15.3. The Morgan fingerprint density at radius 3 is 2.75 bits per heavy atom. The smallest absolute Gasteiger partial charge is 0.0938 e. The Hall–Kier alpha value is -0.570. The minimum atomic E-state index is 0.405. The van der Waals surface area contributed by atoms with Crippen LogP contribution >= 0.6 is 0 Å². The van der Waals surface area contributed by atoms with E-state index in [1.165, 1.54) is 12.8 Å². The predicted octanol–water partition coefficient (Wildman–Crippen LogP) is 1.40. The fraction of sp³-hybridized carbons (Fsp3) is 0.889. The van der Waals surface area contributed by atoms with Crippen molar-refractivity contribution in [2.45, 2.75) is 45.8 Å². The Kier molecular flexibility index (Phi) is 3.09. The monoisotopic (exact) mass is 169 g/mol. The molecule has 3 heteroatoms. The third-order valence-corrected chi connectivity index (χ3v) is 2.21. The minimum absolute atomic E-state index is 0.405. The maximum absolute atomic E-state index is 7.55. The summed E-state index contributed by atoms with van der Waals surface area (Å²) in [7, 11) is 0. The molecule has 0 aromatic heterocycles. The van der Waals surface area contributed by atoms with Crippen molar-refractivity contribution >= 4 is 5.84 Å². The van der Waals surface area contributed by atoms with E-state index >= 15 is 0 Å². The fourth-order valence-electron chi connectivity index (χ4n) is 1.73. The van der Waals surface area contributed by atoms with Gasteiger partial charge in [-0.15, -0.1) is 0 Å². The normalized spacial score (nSPS) is 23.7. The van der Waals surface area contributed by atoms with Gasteiger partial charge in [0, 0.05) is 12.6 Å². The Bertz CT molecular complexity index is 165. The number of hydrogen-bond acceptors (Lipinski definition) is 2. The van der Waals surface area contributed by atoms with Gasteiger partial charge in [-0.1, -0.05) is 0 Å². The summed E-state index contributed by atoms with van der Waals surface area (Å²) in [4.78, 5) is 2.14. The van der Waals surface area contributed by atoms with Crippen LogP contribution in [0.5, 0.6) is 0 Å². The molecule has 0 aromatic rings. The highest BCUT2D eigenvalue weighted by Gasteiger charge is 2.24. The van der Waals surface area contributed by atoms with Crippen molar-refractivity contribution in [3.05, 3.63) is 0 Å². The molecule has 0 amide bonds. The zero-order valence-corrected chi connectivity index (χ0v) is 8.22. The minimum Gasteiger partial charge on any atom is -0.345 e. The van der Waals surface area contributed by atoms with Crippen LogP contribution in [0.1, 0.15) is 33.6 Å². The number of nitrogens with one attached hydrogen (secondary N) is 2. The summed E-state index contributed by atoms with van der Waals surface area (Å²) in [5, 5.41) is 11.0. The second-order valence-corrected chi connectivity index (χ2v) is 3.76. The first-order valence-corrected chi connectivity index (χ1v) is 4.69. The Morgan fingerprint density at radius 1 is 1.58 bits per heavy atom. The van der Waals surface area contributed by atoms with E-state index in [9.17, 15) is 0 Å². The van der Waals surface area contributed by atoms with Crippen molar-refractivity contribution < 1.29 is 0 Å². The Labute approximate surface area is 74.6 Å². The second kappa shape index (κ2) is 3.90. The number of likely N-dealkylation sites (tertiary alicyclic amines) is 1. The van der Waals surface area contributed by atoms with Crippen LogP contribution < -0.4 is 5.32 Å². The average Bonchev–Trinajstić information content (AvgIpc) is 2.33. The molecule has 0 spiro atoms. The molecule has 3 nitrogen and oxygen atoms in total. The maximum Gasteiger partial charge on any atom is 0.0938 e. The Morgan fingerprint density at radius 2 is 2.25 bits per heavy atom. The van der Waals surface area contributed by atoms with Gasteiger partial charge in [-0.2, -0.15) is 0 Å². The number of amidine groups is 1. The van der Waals surface area contributed by atoms with Gasteiger partial charge in [-0.05, 0) is 33.6 Å². The van der Waals surface area contributed by atoms with Crippen LogP contribution in [-0.2, 0) is 0 Å².